The molecule has 3 rings (SSSR count). The number of unbranched alkanes of at least 4 members (excludes halogenated alkanes) is 2. The Bertz CT molecular complexity index is 922. The van der Waals surface area contributed by atoms with E-state index in [1.807, 2.05) is 24.3 Å². The van der Waals surface area contributed by atoms with E-state index in [1.54, 1.807) is 4.90 Å². The highest BCUT2D eigenvalue weighted by Gasteiger charge is 2.52. The lowest BCUT2D eigenvalue weighted by Crippen LogP contribution is -2.62. The third kappa shape index (κ3) is 6.44. The molecule has 1 aliphatic heterocycles. The van der Waals surface area contributed by atoms with Crippen molar-refractivity contribution in [3.63, 3.8) is 0 Å². The number of para-hydroxylation sites is 1. The molecular formula is C30H47N3O3. The number of nitrogens with zero attached hydrogens (tertiary/aromatic N) is 2. The minimum Gasteiger partial charge on any atom is -0.392 e. The maximum Gasteiger partial charge on any atom is 0.277 e. The van der Waals surface area contributed by atoms with Gasteiger partial charge in [0, 0.05) is 23.7 Å². The van der Waals surface area contributed by atoms with E-state index in [1.165, 1.54) is 0 Å². The Balaban J connectivity index is 2.10. The molecule has 3 atom stereocenters. The maximum atomic E-state index is 14.3. The molecule has 1 amide bonds. The molecule has 1 saturated carbocycles. The molecule has 0 spiro atoms. The van der Waals surface area contributed by atoms with Gasteiger partial charge in [0.05, 0.1) is 11.8 Å². The Hall–Kier alpha value is -2.05. The summed E-state index contributed by atoms with van der Waals surface area (Å²) in [5, 5.41) is 11.1. The number of carbonyl (C=O) groups is 2. The number of ketones is 1. The van der Waals surface area contributed by atoms with Gasteiger partial charge in [0.1, 0.15) is 0 Å². The fourth-order valence-electron chi connectivity index (χ4n) is 5.32. The highest BCUT2D eigenvalue weighted by molar-refractivity contribution is 6.22. The van der Waals surface area contributed by atoms with E-state index < -0.39 is 29.4 Å². The average Bonchev–Trinajstić information content (AvgIpc) is 3.72. The van der Waals surface area contributed by atoms with Gasteiger partial charge < -0.3 is 10.0 Å². The number of nitrogens with two attached hydrogens (primary N) is 1. The summed E-state index contributed by atoms with van der Waals surface area (Å²) >= 11 is 0. The summed E-state index contributed by atoms with van der Waals surface area (Å²) in [4.78, 5) is 35.1. The molecule has 1 aromatic carbocycles. The van der Waals surface area contributed by atoms with E-state index in [2.05, 4.69) is 27.7 Å². The van der Waals surface area contributed by atoms with Crippen LogP contribution in [0.15, 0.2) is 29.3 Å². The Kier molecular flexibility index (Phi) is 10.3. The van der Waals surface area contributed by atoms with Crippen LogP contribution in [0.1, 0.15) is 104 Å². The fraction of sp³-hybridized carbons (Fsp3) is 0.700. The number of benzene rings is 1. The van der Waals surface area contributed by atoms with Crippen LogP contribution in [0.4, 0.5) is 5.69 Å². The lowest BCUT2D eigenvalue weighted by atomic mass is 9.82. The van der Waals surface area contributed by atoms with Crippen LogP contribution in [0, 0.1) is 17.8 Å². The molecule has 0 radical (unpaired) electrons. The summed E-state index contributed by atoms with van der Waals surface area (Å²) in [6, 6.07) is 7.82. The zero-order valence-electron chi connectivity index (χ0n) is 22.8. The molecule has 6 nitrogen and oxygen atoms in total. The van der Waals surface area contributed by atoms with Gasteiger partial charge in [0.2, 0.25) is 5.66 Å². The van der Waals surface area contributed by atoms with Gasteiger partial charge in [0.15, 0.2) is 5.78 Å². The molecule has 200 valence electrons. The minimum absolute atomic E-state index is 0.288. The predicted molar refractivity (Wildman–Crippen MR) is 147 cm³/mol. The third-order valence-electron chi connectivity index (χ3n) is 8.07. The van der Waals surface area contributed by atoms with Crippen LogP contribution in [0.25, 0.3) is 0 Å². The summed E-state index contributed by atoms with van der Waals surface area (Å²) in [6.07, 6.45) is 8.57. The van der Waals surface area contributed by atoms with Gasteiger partial charge in [-0.2, -0.15) is 0 Å². The molecule has 2 aliphatic rings. The van der Waals surface area contributed by atoms with Gasteiger partial charge in [0.25, 0.3) is 5.91 Å². The Morgan fingerprint density at radius 3 is 2.42 bits per heavy atom. The number of Topliss-reactive ketones (excluding diaryl/α,β-unsaturated/α-hetero) is 1. The van der Waals surface area contributed by atoms with Crippen LogP contribution in [-0.4, -0.2) is 40.8 Å². The van der Waals surface area contributed by atoms with E-state index in [4.69, 9.17) is 10.7 Å². The highest BCUT2D eigenvalue weighted by Crippen LogP contribution is 2.40. The molecule has 1 aliphatic carbocycles. The second kappa shape index (κ2) is 13.0. The molecule has 36 heavy (non-hydrogen) atoms. The Morgan fingerprint density at radius 2 is 1.81 bits per heavy atom. The lowest BCUT2D eigenvalue weighted by molar-refractivity contribution is -0.139. The summed E-state index contributed by atoms with van der Waals surface area (Å²) in [6.45, 7) is 8.94. The summed E-state index contributed by atoms with van der Waals surface area (Å²) in [5.74, 6) is -0.844. The summed E-state index contributed by atoms with van der Waals surface area (Å²) in [7, 11) is 0. The number of rotatable bonds is 15. The molecule has 3 N–H and O–H groups in total. The second-order valence-corrected chi connectivity index (χ2v) is 10.9. The van der Waals surface area contributed by atoms with Crippen molar-refractivity contribution in [2.24, 2.45) is 28.5 Å². The highest BCUT2D eigenvalue weighted by atomic mass is 16.3. The summed E-state index contributed by atoms with van der Waals surface area (Å²) < 4.78 is 0. The lowest BCUT2D eigenvalue weighted by Gasteiger charge is -2.34. The zero-order chi connectivity index (χ0) is 26.3. The summed E-state index contributed by atoms with van der Waals surface area (Å²) in [5.41, 5.74) is 7.22. The molecule has 1 aromatic rings. The van der Waals surface area contributed by atoms with Crippen molar-refractivity contribution >= 4 is 23.1 Å². The van der Waals surface area contributed by atoms with Crippen LogP contribution in [0.3, 0.4) is 0 Å². The van der Waals surface area contributed by atoms with Gasteiger partial charge in [-0.25, -0.2) is 4.99 Å². The normalized spacial score (nSPS) is 21.7. The Labute approximate surface area is 217 Å². The van der Waals surface area contributed by atoms with Gasteiger partial charge in [-0.1, -0.05) is 90.8 Å². The smallest absolute Gasteiger partial charge is 0.277 e. The molecule has 6 heteroatoms. The number of fused-ring (bicyclic) bond motifs is 1. The van der Waals surface area contributed by atoms with Crippen molar-refractivity contribution < 1.29 is 14.7 Å². The number of aliphatic hydroxyl groups is 1. The number of hydrogen-bond acceptors (Lipinski definition) is 5. The maximum absolute atomic E-state index is 14.3. The van der Waals surface area contributed by atoms with Gasteiger partial charge in [-0.3, -0.25) is 15.3 Å². The number of hydrogen-bond donors (Lipinski definition) is 2. The first-order valence-electron chi connectivity index (χ1n) is 14.3. The first kappa shape index (κ1) is 28.5. The number of amides is 1. The molecule has 1 fully saturated rings. The largest absolute Gasteiger partial charge is 0.392 e. The van der Waals surface area contributed by atoms with E-state index in [0.29, 0.717) is 31.7 Å². The van der Waals surface area contributed by atoms with Crippen LogP contribution in [-0.2, 0) is 9.59 Å². The average molecular weight is 498 g/mol. The van der Waals surface area contributed by atoms with Crippen LogP contribution in [0.2, 0.25) is 0 Å². The number of aliphatic hydroxyl groups excluding tert-OH is 1. The van der Waals surface area contributed by atoms with Crippen LogP contribution < -0.4 is 10.6 Å². The Morgan fingerprint density at radius 1 is 1.14 bits per heavy atom. The fourth-order valence-corrected chi connectivity index (χ4v) is 5.32. The van der Waals surface area contributed by atoms with Crippen molar-refractivity contribution in [2.45, 2.75) is 110 Å². The first-order valence-corrected chi connectivity index (χ1v) is 14.3. The quantitative estimate of drug-likeness (QED) is 0.307. The first-order chi connectivity index (χ1) is 17.3. The molecule has 0 unspecified atom stereocenters. The van der Waals surface area contributed by atoms with Crippen molar-refractivity contribution in [3.05, 3.63) is 29.8 Å². The van der Waals surface area contributed by atoms with Crippen LogP contribution in [0.5, 0.6) is 0 Å². The van der Waals surface area contributed by atoms with Crippen molar-refractivity contribution in [1.29, 1.82) is 0 Å². The van der Waals surface area contributed by atoms with Crippen LogP contribution >= 0.6 is 0 Å². The predicted octanol–water partition coefficient (Wildman–Crippen LogP) is 5.64. The van der Waals surface area contributed by atoms with Crippen molar-refractivity contribution in [2.75, 3.05) is 11.4 Å². The van der Waals surface area contributed by atoms with Crippen molar-refractivity contribution in [1.82, 2.24) is 0 Å². The number of aliphatic imine (C=N–C) groups is 1. The second-order valence-electron chi connectivity index (χ2n) is 10.9. The minimum atomic E-state index is -2.03. The monoisotopic (exact) mass is 497 g/mol. The molecule has 0 bridgehead atoms. The van der Waals surface area contributed by atoms with E-state index in [-0.39, 0.29) is 5.92 Å². The number of benzodiazepines with no additional fused rings is 1. The topological polar surface area (TPSA) is 96.0 Å². The molecule has 0 aromatic heterocycles. The van der Waals surface area contributed by atoms with E-state index >= 15 is 0 Å². The van der Waals surface area contributed by atoms with E-state index in [9.17, 15) is 14.7 Å². The standard InChI is InChI=1S/C30H47N3O3/c1-5-9-14-25-23-13-11-12-15-26(23)33(20-21(7-3)8-4)29(36)30(31,32-25)28(35)24(19-22-17-18-22)27(34)16-10-6-2/h11-13,15,21-22,24,27,34H,5-10,14,16-20,31H2,1-4H3/t24-,27+,30-/m1/s1. The number of anilines is 1. The molecule has 0 saturated heterocycles. The molecule has 1 heterocycles. The van der Waals surface area contributed by atoms with E-state index in [0.717, 1.165) is 68.3 Å². The number of carbonyl (C=O) groups excluding carboxylic acids is 2. The SMILES string of the molecule is CCCCC1=N[C@](N)(C(=O)[C@H](CC2CC2)[C@@H](O)CCCC)C(=O)N(CC(CC)CC)c2ccccc21. The molecular weight excluding hydrogens is 450 g/mol. The van der Waals surface area contributed by atoms with Gasteiger partial charge >= 0.3 is 0 Å². The van der Waals surface area contributed by atoms with Crippen molar-refractivity contribution in [3.8, 4) is 0 Å². The van der Waals surface area contributed by atoms with Gasteiger partial charge in [-0.15, -0.1) is 0 Å². The zero-order valence-corrected chi connectivity index (χ0v) is 22.8. The third-order valence-corrected chi connectivity index (χ3v) is 8.07. The van der Waals surface area contributed by atoms with Gasteiger partial charge in [-0.05, 0) is 43.6 Å².